The van der Waals surface area contributed by atoms with E-state index < -0.39 is 17.0 Å². The number of ether oxygens (including phenoxy) is 3. The highest BCUT2D eigenvalue weighted by Crippen LogP contribution is 2.38. The number of benzene rings is 2. The van der Waals surface area contributed by atoms with Crippen molar-refractivity contribution in [1.82, 2.24) is 5.32 Å². The second kappa shape index (κ2) is 9.00. The van der Waals surface area contributed by atoms with E-state index in [1.807, 2.05) is 0 Å². The Bertz CT molecular complexity index is 991. The van der Waals surface area contributed by atoms with Crippen molar-refractivity contribution in [2.45, 2.75) is 31.9 Å². The van der Waals surface area contributed by atoms with Crippen LogP contribution in [0.3, 0.4) is 0 Å². The largest absolute Gasteiger partial charge is 0.493 e. The van der Waals surface area contributed by atoms with Crippen molar-refractivity contribution in [1.29, 1.82) is 0 Å². The minimum absolute atomic E-state index is 0.0385. The maximum Gasteiger partial charge on any atom is 0.339 e. The number of halogens is 1. The molecule has 9 nitrogen and oxygen atoms in total. The Morgan fingerprint density at radius 1 is 1.17 bits per heavy atom. The molecular weight excluding hydrogens is 416 g/mol. The van der Waals surface area contributed by atoms with E-state index in [1.165, 1.54) is 50.4 Å². The Kier molecular flexibility index (Phi) is 6.41. The van der Waals surface area contributed by atoms with Gasteiger partial charge in [-0.1, -0.05) is 11.6 Å². The van der Waals surface area contributed by atoms with E-state index in [0.29, 0.717) is 0 Å². The standard InChI is InChI=1S/C20H19ClN2O7/c1-11(19(24)22-14-5-6-14)29-20(25)12-3-7-17(18(9-12)28-2)30-16-8-4-13(21)10-15(16)23(26)27/h3-4,7-11,14H,5-6H2,1-2H3,(H,22,24)/t11-/m0/s1. The van der Waals surface area contributed by atoms with Crippen LogP contribution < -0.4 is 14.8 Å². The predicted octanol–water partition coefficient (Wildman–Crippen LogP) is 3.87. The molecule has 0 aliphatic heterocycles. The Morgan fingerprint density at radius 2 is 1.87 bits per heavy atom. The highest BCUT2D eigenvalue weighted by atomic mass is 35.5. The van der Waals surface area contributed by atoms with Crippen LogP contribution in [0.1, 0.15) is 30.1 Å². The molecule has 1 aliphatic carbocycles. The molecule has 1 amide bonds. The number of carbonyl (C=O) groups is 2. The number of rotatable bonds is 8. The molecule has 158 valence electrons. The molecule has 1 fully saturated rings. The first-order chi connectivity index (χ1) is 14.3. The van der Waals surface area contributed by atoms with Gasteiger partial charge in [0, 0.05) is 17.1 Å². The van der Waals surface area contributed by atoms with Gasteiger partial charge in [0.15, 0.2) is 17.6 Å². The summed E-state index contributed by atoms with van der Waals surface area (Å²) in [7, 11) is 1.36. The van der Waals surface area contributed by atoms with Crippen LogP contribution in [-0.4, -0.2) is 36.1 Å². The number of nitro groups is 1. The van der Waals surface area contributed by atoms with Gasteiger partial charge in [0.1, 0.15) is 0 Å². The number of nitro benzene ring substituents is 1. The Morgan fingerprint density at radius 3 is 2.50 bits per heavy atom. The van der Waals surface area contributed by atoms with E-state index in [2.05, 4.69) is 5.32 Å². The van der Waals surface area contributed by atoms with E-state index in [-0.39, 0.29) is 45.5 Å². The van der Waals surface area contributed by atoms with Crippen molar-refractivity contribution in [2.24, 2.45) is 0 Å². The van der Waals surface area contributed by atoms with Gasteiger partial charge in [0.2, 0.25) is 5.75 Å². The molecule has 1 saturated carbocycles. The Labute approximate surface area is 177 Å². The smallest absolute Gasteiger partial charge is 0.339 e. The van der Waals surface area contributed by atoms with Crippen molar-refractivity contribution < 1.29 is 28.7 Å². The number of hydrogen-bond acceptors (Lipinski definition) is 7. The van der Waals surface area contributed by atoms with Crippen LogP contribution in [-0.2, 0) is 9.53 Å². The normalized spacial score (nSPS) is 13.8. The van der Waals surface area contributed by atoms with Crippen molar-refractivity contribution in [3.63, 3.8) is 0 Å². The van der Waals surface area contributed by atoms with Crippen LogP contribution in [0.25, 0.3) is 0 Å². The highest BCUT2D eigenvalue weighted by Gasteiger charge is 2.27. The number of esters is 1. The third kappa shape index (κ3) is 5.18. The fourth-order valence-electron chi connectivity index (χ4n) is 2.55. The van der Waals surface area contributed by atoms with Crippen LogP contribution in [0.4, 0.5) is 5.69 Å². The minimum atomic E-state index is -0.947. The summed E-state index contributed by atoms with van der Waals surface area (Å²) in [6.07, 6.45) is 0.907. The topological polar surface area (TPSA) is 117 Å². The van der Waals surface area contributed by atoms with Gasteiger partial charge in [-0.05, 0) is 50.1 Å². The van der Waals surface area contributed by atoms with Crippen LogP contribution in [0.5, 0.6) is 17.2 Å². The molecule has 0 heterocycles. The molecule has 0 bridgehead atoms. The second-order valence-electron chi connectivity index (χ2n) is 6.67. The summed E-state index contributed by atoms with van der Waals surface area (Å²) in [6, 6.07) is 8.34. The van der Waals surface area contributed by atoms with Crippen molar-refractivity contribution in [3.8, 4) is 17.2 Å². The molecule has 0 saturated heterocycles. The van der Waals surface area contributed by atoms with Gasteiger partial charge in [-0.25, -0.2) is 4.79 Å². The highest BCUT2D eigenvalue weighted by molar-refractivity contribution is 6.30. The number of methoxy groups -OCH3 is 1. The summed E-state index contributed by atoms with van der Waals surface area (Å²) in [4.78, 5) is 34.9. The van der Waals surface area contributed by atoms with Crippen LogP contribution in [0.15, 0.2) is 36.4 Å². The maximum atomic E-state index is 12.4. The average molecular weight is 435 g/mol. The van der Waals surface area contributed by atoms with Gasteiger partial charge in [0.05, 0.1) is 17.6 Å². The van der Waals surface area contributed by atoms with Crippen molar-refractivity contribution >= 4 is 29.2 Å². The molecule has 1 aliphatic rings. The molecule has 0 radical (unpaired) electrons. The van der Waals surface area contributed by atoms with Crippen molar-refractivity contribution in [2.75, 3.05) is 7.11 Å². The fraction of sp³-hybridized carbons (Fsp3) is 0.300. The predicted molar refractivity (Wildman–Crippen MR) is 107 cm³/mol. The van der Waals surface area contributed by atoms with Gasteiger partial charge >= 0.3 is 11.7 Å². The summed E-state index contributed by atoms with van der Waals surface area (Å²) >= 11 is 5.81. The third-order valence-corrected chi connectivity index (χ3v) is 4.55. The molecule has 2 aromatic rings. The molecular formula is C20H19ClN2O7. The van der Waals surface area contributed by atoms with Gasteiger partial charge in [-0.15, -0.1) is 0 Å². The van der Waals surface area contributed by atoms with E-state index in [4.69, 9.17) is 25.8 Å². The summed E-state index contributed by atoms with van der Waals surface area (Å²) in [5.41, 5.74) is -0.181. The van der Waals surface area contributed by atoms with E-state index in [0.717, 1.165) is 12.8 Å². The third-order valence-electron chi connectivity index (χ3n) is 4.31. The van der Waals surface area contributed by atoms with Crippen LogP contribution in [0, 0.1) is 10.1 Å². The molecule has 2 aromatic carbocycles. The number of hydrogen-bond donors (Lipinski definition) is 1. The molecule has 1 atom stereocenters. The Balaban J connectivity index is 1.75. The van der Waals surface area contributed by atoms with E-state index >= 15 is 0 Å². The first kappa shape index (κ1) is 21.4. The zero-order valence-electron chi connectivity index (χ0n) is 16.2. The molecule has 0 unspecified atom stereocenters. The number of nitrogens with one attached hydrogen (secondary N) is 1. The Hall–Kier alpha value is -3.33. The van der Waals surface area contributed by atoms with Crippen LogP contribution in [0.2, 0.25) is 5.02 Å². The lowest BCUT2D eigenvalue weighted by Gasteiger charge is -2.15. The maximum absolute atomic E-state index is 12.4. The summed E-state index contributed by atoms with van der Waals surface area (Å²) in [5, 5.41) is 14.2. The number of amides is 1. The lowest BCUT2D eigenvalue weighted by Crippen LogP contribution is -2.37. The molecule has 3 rings (SSSR count). The molecule has 1 N–H and O–H groups in total. The number of nitrogens with zero attached hydrogens (tertiary/aromatic N) is 1. The van der Waals surface area contributed by atoms with Crippen LogP contribution >= 0.6 is 11.6 Å². The summed E-state index contributed by atoms with van der Waals surface area (Å²) < 4.78 is 16.0. The van der Waals surface area contributed by atoms with Gasteiger partial charge in [-0.2, -0.15) is 0 Å². The zero-order valence-corrected chi connectivity index (χ0v) is 17.0. The lowest BCUT2D eigenvalue weighted by atomic mass is 10.2. The fourth-order valence-corrected chi connectivity index (χ4v) is 2.71. The summed E-state index contributed by atoms with van der Waals surface area (Å²) in [6.45, 7) is 1.49. The van der Waals surface area contributed by atoms with E-state index in [9.17, 15) is 19.7 Å². The van der Waals surface area contributed by atoms with E-state index in [1.54, 1.807) is 0 Å². The molecule has 10 heteroatoms. The molecule has 0 spiro atoms. The molecule has 30 heavy (non-hydrogen) atoms. The average Bonchev–Trinajstić information content (AvgIpc) is 3.53. The lowest BCUT2D eigenvalue weighted by molar-refractivity contribution is -0.385. The zero-order chi connectivity index (χ0) is 21.8. The second-order valence-corrected chi connectivity index (χ2v) is 7.10. The van der Waals surface area contributed by atoms with Gasteiger partial charge in [0.25, 0.3) is 5.91 Å². The first-order valence-electron chi connectivity index (χ1n) is 9.09. The SMILES string of the molecule is COc1cc(C(=O)O[C@@H](C)C(=O)NC2CC2)ccc1Oc1ccc(Cl)cc1[N+](=O)[O-]. The molecule has 0 aromatic heterocycles. The summed E-state index contributed by atoms with van der Waals surface area (Å²) in [5.74, 6) is -0.797. The minimum Gasteiger partial charge on any atom is -0.493 e. The first-order valence-corrected chi connectivity index (χ1v) is 9.47. The van der Waals surface area contributed by atoms with Gasteiger partial charge in [-0.3, -0.25) is 14.9 Å². The van der Waals surface area contributed by atoms with Gasteiger partial charge < -0.3 is 19.5 Å². The number of carbonyl (C=O) groups excluding carboxylic acids is 2. The quantitative estimate of drug-likeness (QED) is 0.380. The van der Waals surface area contributed by atoms with Crippen molar-refractivity contribution in [3.05, 3.63) is 57.1 Å². The monoisotopic (exact) mass is 434 g/mol.